The molecule has 0 unspecified atom stereocenters. The minimum Gasteiger partial charge on any atom is -0.310 e. The lowest BCUT2D eigenvalue weighted by Crippen LogP contribution is -2.15. The maximum atomic E-state index is 9.56. The SMILES string of the molecule is Cc1ccc(N(c2ccc(C=Cc3c(C#N)cc(C#N)cc3C#N)cc2)c2cccc3c2CCCC3)cc1. The monoisotopic (exact) mass is 490 g/mol. The summed E-state index contributed by atoms with van der Waals surface area (Å²) in [7, 11) is 0. The first-order valence-electron chi connectivity index (χ1n) is 12.8. The Hall–Kier alpha value is -5.11. The topological polar surface area (TPSA) is 74.6 Å². The van der Waals surface area contributed by atoms with Gasteiger partial charge in [0, 0.05) is 22.6 Å². The molecule has 0 atom stereocenters. The average molecular weight is 491 g/mol. The summed E-state index contributed by atoms with van der Waals surface area (Å²) in [5.74, 6) is 0. The van der Waals surface area contributed by atoms with Crippen molar-refractivity contribution in [2.45, 2.75) is 32.6 Å². The van der Waals surface area contributed by atoms with Crippen LogP contribution in [0, 0.1) is 40.9 Å². The predicted molar refractivity (Wildman–Crippen MR) is 152 cm³/mol. The fourth-order valence-corrected chi connectivity index (χ4v) is 5.09. The van der Waals surface area contributed by atoms with Crippen LogP contribution in [0.25, 0.3) is 12.2 Å². The Kier molecular flexibility index (Phi) is 7.04. The Morgan fingerprint density at radius 1 is 0.711 bits per heavy atom. The van der Waals surface area contributed by atoms with Crippen LogP contribution in [0.4, 0.5) is 17.1 Å². The van der Waals surface area contributed by atoms with Gasteiger partial charge in [0.05, 0.1) is 34.9 Å². The van der Waals surface area contributed by atoms with Gasteiger partial charge in [-0.15, -0.1) is 0 Å². The van der Waals surface area contributed by atoms with Crippen molar-refractivity contribution >= 4 is 29.2 Å². The molecule has 0 aromatic heterocycles. The maximum absolute atomic E-state index is 9.56. The summed E-state index contributed by atoms with van der Waals surface area (Å²) in [6, 6.07) is 32.8. The van der Waals surface area contributed by atoms with Crippen LogP contribution in [-0.2, 0) is 12.8 Å². The van der Waals surface area contributed by atoms with Gasteiger partial charge in [0.15, 0.2) is 0 Å². The highest BCUT2D eigenvalue weighted by atomic mass is 15.1. The van der Waals surface area contributed by atoms with E-state index in [-0.39, 0.29) is 0 Å². The van der Waals surface area contributed by atoms with Crippen LogP contribution in [0.2, 0.25) is 0 Å². The summed E-state index contributed by atoms with van der Waals surface area (Å²) in [6.45, 7) is 2.10. The van der Waals surface area contributed by atoms with Gasteiger partial charge in [-0.05, 0) is 91.8 Å². The Balaban J connectivity index is 1.53. The van der Waals surface area contributed by atoms with E-state index in [4.69, 9.17) is 0 Å². The highest BCUT2D eigenvalue weighted by Gasteiger charge is 2.20. The summed E-state index contributed by atoms with van der Waals surface area (Å²) in [5.41, 5.74) is 9.91. The lowest BCUT2D eigenvalue weighted by atomic mass is 9.90. The molecule has 182 valence electrons. The molecule has 0 heterocycles. The third kappa shape index (κ3) is 4.92. The van der Waals surface area contributed by atoms with Crippen molar-refractivity contribution in [3.05, 3.63) is 123 Å². The van der Waals surface area contributed by atoms with Gasteiger partial charge in [0.1, 0.15) is 0 Å². The largest absolute Gasteiger partial charge is 0.310 e. The first-order valence-corrected chi connectivity index (χ1v) is 12.8. The molecule has 0 saturated heterocycles. The molecule has 4 heteroatoms. The van der Waals surface area contributed by atoms with Gasteiger partial charge in [0.2, 0.25) is 0 Å². The van der Waals surface area contributed by atoms with Crippen LogP contribution in [0.3, 0.4) is 0 Å². The van der Waals surface area contributed by atoms with Gasteiger partial charge in [-0.1, -0.05) is 54.1 Å². The van der Waals surface area contributed by atoms with E-state index in [1.54, 1.807) is 6.08 Å². The number of nitriles is 3. The summed E-state index contributed by atoms with van der Waals surface area (Å²) < 4.78 is 0. The molecule has 0 amide bonds. The number of fused-ring (bicyclic) bond motifs is 1. The predicted octanol–water partition coefficient (Wildman–Crippen LogP) is 8.13. The number of benzene rings is 4. The minimum atomic E-state index is 0.305. The quantitative estimate of drug-likeness (QED) is 0.265. The Morgan fingerprint density at radius 2 is 1.34 bits per heavy atom. The average Bonchev–Trinajstić information content (AvgIpc) is 2.97. The molecule has 38 heavy (non-hydrogen) atoms. The van der Waals surface area contributed by atoms with Crippen molar-refractivity contribution in [1.29, 1.82) is 15.8 Å². The number of nitrogens with zero attached hydrogens (tertiary/aromatic N) is 4. The minimum absolute atomic E-state index is 0.305. The third-order valence-electron chi connectivity index (χ3n) is 7.05. The molecule has 0 fully saturated rings. The molecule has 0 saturated carbocycles. The molecule has 4 aromatic rings. The van der Waals surface area contributed by atoms with Crippen molar-refractivity contribution in [3.8, 4) is 18.2 Å². The molecule has 0 N–H and O–H groups in total. The summed E-state index contributed by atoms with van der Waals surface area (Å²) >= 11 is 0. The number of hydrogen-bond acceptors (Lipinski definition) is 4. The summed E-state index contributed by atoms with van der Waals surface area (Å²) in [5, 5.41) is 28.3. The standard InChI is InChI=1S/C34H26N4/c1-24-9-14-30(15-10-24)38(34-8-4-6-27-5-2-3-7-33(27)34)31-16-11-25(12-17-31)13-18-32-28(22-36)19-26(21-35)20-29(32)23-37/h4,6,8-20H,2-3,5,7H2,1H3. The molecule has 5 rings (SSSR count). The van der Waals surface area contributed by atoms with E-state index in [2.05, 4.69) is 78.6 Å². The zero-order valence-electron chi connectivity index (χ0n) is 21.3. The van der Waals surface area contributed by atoms with Crippen LogP contribution in [0.1, 0.15) is 57.3 Å². The van der Waals surface area contributed by atoms with Crippen LogP contribution >= 0.6 is 0 Å². The second kappa shape index (κ2) is 10.9. The Morgan fingerprint density at radius 3 is 1.97 bits per heavy atom. The van der Waals surface area contributed by atoms with Crippen LogP contribution in [-0.4, -0.2) is 0 Å². The fraction of sp³-hybridized carbons (Fsp3) is 0.147. The highest BCUT2D eigenvalue weighted by molar-refractivity contribution is 5.81. The van der Waals surface area contributed by atoms with Crippen molar-refractivity contribution in [1.82, 2.24) is 0 Å². The number of aryl methyl sites for hydroxylation is 2. The molecule has 1 aliphatic carbocycles. The summed E-state index contributed by atoms with van der Waals surface area (Å²) in [4.78, 5) is 2.33. The van der Waals surface area contributed by atoms with E-state index in [0.29, 0.717) is 22.3 Å². The first kappa shape index (κ1) is 24.6. The van der Waals surface area contributed by atoms with Gasteiger partial charge >= 0.3 is 0 Å². The van der Waals surface area contributed by atoms with E-state index < -0.39 is 0 Å². The third-order valence-corrected chi connectivity index (χ3v) is 7.05. The molecule has 0 spiro atoms. The van der Waals surface area contributed by atoms with E-state index in [0.717, 1.165) is 29.8 Å². The van der Waals surface area contributed by atoms with E-state index in [1.165, 1.54) is 47.4 Å². The van der Waals surface area contributed by atoms with Crippen molar-refractivity contribution in [3.63, 3.8) is 0 Å². The Bertz CT molecular complexity index is 1600. The van der Waals surface area contributed by atoms with E-state index >= 15 is 0 Å². The van der Waals surface area contributed by atoms with Crippen molar-refractivity contribution < 1.29 is 0 Å². The van der Waals surface area contributed by atoms with Gasteiger partial charge in [-0.2, -0.15) is 15.8 Å². The normalized spacial score (nSPS) is 12.3. The van der Waals surface area contributed by atoms with Crippen molar-refractivity contribution in [2.75, 3.05) is 4.90 Å². The molecule has 1 aliphatic rings. The van der Waals surface area contributed by atoms with Gasteiger partial charge in [-0.25, -0.2) is 0 Å². The van der Waals surface area contributed by atoms with Crippen molar-refractivity contribution in [2.24, 2.45) is 0 Å². The molecular formula is C34H26N4. The zero-order valence-corrected chi connectivity index (χ0v) is 21.3. The second-order valence-corrected chi connectivity index (χ2v) is 9.54. The molecule has 4 aromatic carbocycles. The molecule has 0 radical (unpaired) electrons. The van der Waals surface area contributed by atoms with Gasteiger partial charge in [-0.3, -0.25) is 0 Å². The second-order valence-electron chi connectivity index (χ2n) is 9.54. The summed E-state index contributed by atoms with van der Waals surface area (Å²) in [6.07, 6.45) is 8.33. The first-order chi connectivity index (χ1) is 18.6. The highest BCUT2D eigenvalue weighted by Crippen LogP contribution is 2.40. The molecule has 0 bridgehead atoms. The van der Waals surface area contributed by atoms with Crippen LogP contribution < -0.4 is 4.90 Å². The lowest BCUT2D eigenvalue weighted by molar-refractivity contribution is 0.686. The fourth-order valence-electron chi connectivity index (χ4n) is 5.09. The number of rotatable bonds is 5. The van der Waals surface area contributed by atoms with Gasteiger partial charge < -0.3 is 4.90 Å². The molecule has 4 nitrogen and oxygen atoms in total. The van der Waals surface area contributed by atoms with Crippen LogP contribution in [0.5, 0.6) is 0 Å². The van der Waals surface area contributed by atoms with E-state index in [1.807, 2.05) is 24.3 Å². The lowest BCUT2D eigenvalue weighted by Gasteiger charge is -2.30. The molecular weight excluding hydrogens is 464 g/mol. The Labute approximate surface area is 223 Å². The van der Waals surface area contributed by atoms with E-state index in [9.17, 15) is 15.8 Å². The van der Waals surface area contributed by atoms with Crippen LogP contribution in [0.15, 0.2) is 78.9 Å². The number of anilines is 3. The smallest absolute Gasteiger partial charge is 0.0998 e. The van der Waals surface area contributed by atoms with Gasteiger partial charge in [0.25, 0.3) is 0 Å². The number of hydrogen-bond donors (Lipinski definition) is 0. The maximum Gasteiger partial charge on any atom is 0.0998 e. The zero-order chi connectivity index (χ0) is 26.5. The molecule has 0 aliphatic heterocycles.